The van der Waals surface area contributed by atoms with Crippen LogP contribution in [0, 0.1) is 11.6 Å². The number of alkyl halides is 3. The predicted molar refractivity (Wildman–Crippen MR) is 48.3 cm³/mol. The molecule has 0 aliphatic heterocycles. The van der Waals surface area contributed by atoms with E-state index >= 15 is 0 Å². The first-order valence-corrected chi connectivity index (χ1v) is 5.67. The summed E-state index contributed by atoms with van der Waals surface area (Å²) in [5.41, 5.74) is -1.10. The number of nitrogens with two attached hydrogens (primary N) is 1. The summed E-state index contributed by atoms with van der Waals surface area (Å²) >= 11 is 0. The number of sulfonamides is 1. The van der Waals surface area contributed by atoms with Crippen LogP contribution in [0.4, 0.5) is 22.0 Å². The fourth-order valence-corrected chi connectivity index (χ4v) is 2.18. The van der Waals surface area contributed by atoms with Gasteiger partial charge in [-0.1, -0.05) is 0 Å². The van der Waals surface area contributed by atoms with Gasteiger partial charge in [-0.2, -0.15) is 13.2 Å². The molecule has 0 saturated carbocycles. The van der Waals surface area contributed by atoms with Crippen molar-refractivity contribution in [3.8, 4) is 0 Å². The molecular formula is C8H6F5NO2S. The molecule has 0 bridgehead atoms. The topological polar surface area (TPSA) is 60.2 Å². The second-order valence-corrected chi connectivity index (χ2v) is 4.86. The summed E-state index contributed by atoms with van der Waals surface area (Å²) in [4.78, 5) is 0. The van der Waals surface area contributed by atoms with Crippen molar-refractivity contribution in [2.75, 3.05) is 0 Å². The maximum absolute atomic E-state index is 12.7. The summed E-state index contributed by atoms with van der Waals surface area (Å²) in [6.07, 6.45) is -5.26. The molecular weight excluding hydrogens is 269 g/mol. The van der Waals surface area contributed by atoms with E-state index in [1.54, 1.807) is 0 Å². The largest absolute Gasteiger partial charge is 0.410 e. The molecule has 1 atom stereocenters. The van der Waals surface area contributed by atoms with Gasteiger partial charge in [0.1, 0.15) is 11.6 Å². The third kappa shape index (κ3) is 3.37. The Kier molecular flexibility index (Phi) is 3.44. The Bertz CT molecular complexity index is 505. The highest BCUT2D eigenvalue weighted by atomic mass is 32.2. The van der Waals surface area contributed by atoms with Crippen LogP contribution in [0.3, 0.4) is 0 Å². The van der Waals surface area contributed by atoms with E-state index in [0.29, 0.717) is 6.07 Å². The Labute approximate surface area is 93.1 Å². The lowest BCUT2D eigenvalue weighted by molar-refractivity contribution is -0.131. The Morgan fingerprint density at radius 1 is 1.06 bits per heavy atom. The summed E-state index contributed by atoms with van der Waals surface area (Å²) in [5, 5.41) is 1.25. The van der Waals surface area contributed by atoms with Gasteiger partial charge in [0.2, 0.25) is 10.0 Å². The third-order valence-electron chi connectivity index (χ3n) is 1.81. The molecule has 0 heterocycles. The molecule has 2 N–H and O–H groups in total. The normalized spacial score (nSPS) is 14.7. The lowest BCUT2D eigenvalue weighted by Gasteiger charge is -2.18. The SMILES string of the molecule is NS(=O)(=O)C(c1cc(F)cc(F)c1)C(F)(F)F. The molecule has 9 heteroatoms. The summed E-state index contributed by atoms with van der Waals surface area (Å²) in [5.74, 6) is -2.64. The maximum Gasteiger partial charge on any atom is 0.410 e. The van der Waals surface area contributed by atoms with Gasteiger partial charge >= 0.3 is 6.18 Å². The van der Waals surface area contributed by atoms with E-state index in [2.05, 4.69) is 5.14 Å². The van der Waals surface area contributed by atoms with Gasteiger partial charge in [0.05, 0.1) is 0 Å². The van der Waals surface area contributed by atoms with Crippen molar-refractivity contribution in [1.29, 1.82) is 0 Å². The second-order valence-electron chi connectivity index (χ2n) is 3.21. The molecule has 17 heavy (non-hydrogen) atoms. The Balaban J connectivity index is 3.44. The zero-order valence-electron chi connectivity index (χ0n) is 8.00. The number of primary sulfonamides is 1. The monoisotopic (exact) mass is 275 g/mol. The van der Waals surface area contributed by atoms with Gasteiger partial charge < -0.3 is 0 Å². The van der Waals surface area contributed by atoms with Crippen molar-refractivity contribution in [3.63, 3.8) is 0 Å². The van der Waals surface area contributed by atoms with Crippen LogP contribution in [0.25, 0.3) is 0 Å². The van der Waals surface area contributed by atoms with Crippen LogP contribution in [-0.4, -0.2) is 14.6 Å². The third-order valence-corrected chi connectivity index (χ3v) is 3.01. The van der Waals surface area contributed by atoms with Gasteiger partial charge in [-0.05, 0) is 17.7 Å². The first-order valence-electron chi connectivity index (χ1n) is 4.06. The fraction of sp³-hybridized carbons (Fsp3) is 0.250. The highest BCUT2D eigenvalue weighted by Crippen LogP contribution is 2.38. The molecule has 0 aromatic heterocycles. The second kappa shape index (κ2) is 4.22. The molecule has 3 nitrogen and oxygen atoms in total. The van der Waals surface area contributed by atoms with E-state index in [9.17, 15) is 30.4 Å². The predicted octanol–water partition coefficient (Wildman–Crippen LogP) is 1.86. The van der Waals surface area contributed by atoms with Crippen molar-refractivity contribution < 1.29 is 30.4 Å². The van der Waals surface area contributed by atoms with E-state index in [1.807, 2.05) is 0 Å². The molecule has 0 aliphatic carbocycles. The molecule has 0 aliphatic rings. The molecule has 0 amide bonds. The maximum atomic E-state index is 12.7. The Morgan fingerprint density at radius 3 is 1.76 bits per heavy atom. The molecule has 1 unspecified atom stereocenters. The van der Waals surface area contributed by atoms with Gasteiger partial charge in [0.25, 0.3) is 0 Å². The smallest absolute Gasteiger partial charge is 0.228 e. The van der Waals surface area contributed by atoms with Crippen LogP contribution < -0.4 is 5.14 Å². The summed E-state index contributed by atoms with van der Waals surface area (Å²) in [7, 11) is -5.07. The summed E-state index contributed by atoms with van der Waals surface area (Å²) < 4.78 is 84.5. The van der Waals surface area contributed by atoms with Crippen LogP contribution >= 0.6 is 0 Å². The van der Waals surface area contributed by atoms with Crippen LogP contribution in [-0.2, 0) is 10.0 Å². The number of benzene rings is 1. The van der Waals surface area contributed by atoms with Crippen molar-refractivity contribution in [2.45, 2.75) is 11.4 Å². The molecule has 1 rings (SSSR count). The average molecular weight is 275 g/mol. The number of hydrogen-bond acceptors (Lipinski definition) is 2. The van der Waals surface area contributed by atoms with Gasteiger partial charge in [0, 0.05) is 6.07 Å². The molecule has 0 fully saturated rings. The minimum Gasteiger partial charge on any atom is -0.228 e. The average Bonchev–Trinajstić information content (AvgIpc) is 1.93. The standard InChI is InChI=1S/C8H6F5NO2S/c9-5-1-4(2-6(10)3-5)7(8(11,12)13)17(14,15)16/h1-3,7H,(H2,14,15,16). The molecule has 0 spiro atoms. The van der Waals surface area contributed by atoms with E-state index in [-0.39, 0.29) is 12.1 Å². The Hall–Kier alpha value is -1.22. The van der Waals surface area contributed by atoms with Crippen LogP contribution in [0.1, 0.15) is 10.8 Å². The minimum absolute atomic E-state index is 0.269. The minimum atomic E-state index is -5.26. The van der Waals surface area contributed by atoms with E-state index in [0.717, 1.165) is 0 Å². The molecule has 96 valence electrons. The molecule has 1 aromatic rings. The first kappa shape index (κ1) is 13.8. The van der Waals surface area contributed by atoms with Crippen molar-refractivity contribution in [2.24, 2.45) is 5.14 Å². The zero-order valence-corrected chi connectivity index (χ0v) is 8.82. The van der Waals surface area contributed by atoms with Gasteiger partial charge in [-0.15, -0.1) is 0 Å². The van der Waals surface area contributed by atoms with Crippen molar-refractivity contribution in [3.05, 3.63) is 35.4 Å². The summed E-state index contributed by atoms with van der Waals surface area (Å²) in [6, 6.07) is 0.858. The number of halogens is 5. The van der Waals surface area contributed by atoms with Gasteiger partial charge in [0.15, 0.2) is 5.25 Å². The van der Waals surface area contributed by atoms with E-state index in [4.69, 9.17) is 0 Å². The van der Waals surface area contributed by atoms with Gasteiger partial charge in [-0.25, -0.2) is 22.3 Å². The van der Waals surface area contributed by atoms with Gasteiger partial charge in [-0.3, -0.25) is 0 Å². The molecule has 1 aromatic carbocycles. The molecule has 0 saturated heterocycles. The number of rotatable bonds is 2. The first-order chi connectivity index (χ1) is 7.51. The zero-order chi connectivity index (χ0) is 13.4. The van der Waals surface area contributed by atoms with Crippen LogP contribution in [0.2, 0.25) is 0 Å². The Morgan fingerprint density at radius 2 is 1.47 bits per heavy atom. The van der Waals surface area contributed by atoms with E-state index in [1.165, 1.54) is 0 Å². The van der Waals surface area contributed by atoms with Crippen molar-refractivity contribution in [1.82, 2.24) is 0 Å². The molecule has 0 radical (unpaired) electrons. The van der Waals surface area contributed by atoms with Crippen molar-refractivity contribution >= 4 is 10.0 Å². The summed E-state index contributed by atoms with van der Waals surface area (Å²) in [6.45, 7) is 0. The lowest BCUT2D eigenvalue weighted by Crippen LogP contribution is -2.33. The highest BCUT2D eigenvalue weighted by Gasteiger charge is 2.48. The quantitative estimate of drug-likeness (QED) is 0.837. The fourth-order valence-electron chi connectivity index (χ4n) is 1.29. The highest BCUT2D eigenvalue weighted by molar-refractivity contribution is 7.89. The number of hydrogen-bond donors (Lipinski definition) is 1. The van der Waals surface area contributed by atoms with Crippen LogP contribution in [0.5, 0.6) is 0 Å². The van der Waals surface area contributed by atoms with Crippen LogP contribution in [0.15, 0.2) is 18.2 Å². The lowest BCUT2D eigenvalue weighted by atomic mass is 10.1. The van der Waals surface area contributed by atoms with E-state index < -0.39 is 38.6 Å².